The van der Waals surface area contributed by atoms with Gasteiger partial charge in [-0.1, -0.05) is 50.2 Å². The Bertz CT molecular complexity index is 1550. The average Bonchev–Trinajstić information content (AvgIpc) is 3.34. The Morgan fingerprint density at radius 2 is 1.78 bits per heavy atom. The van der Waals surface area contributed by atoms with Crippen LogP contribution < -0.4 is 5.32 Å². The van der Waals surface area contributed by atoms with Crippen LogP contribution >= 0.6 is 23.6 Å². The molecule has 0 atom stereocenters. The van der Waals surface area contributed by atoms with Crippen LogP contribution in [0.1, 0.15) is 29.9 Å². The molecule has 4 aromatic rings. The number of nitrogens with zero attached hydrogens (tertiary/aromatic N) is 2. The largest absolute Gasteiger partial charge is 0.300 e. The minimum Gasteiger partial charge on any atom is -0.300 e. The number of rotatable bonds is 1. The van der Waals surface area contributed by atoms with Crippen LogP contribution in [0.3, 0.4) is 0 Å². The van der Waals surface area contributed by atoms with Gasteiger partial charge in [0.2, 0.25) is 0 Å². The number of hydrogen-bond donors (Lipinski definition) is 1. The molecule has 0 aliphatic carbocycles. The second-order valence-electron chi connectivity index (χ2n) is 8.73. The predicted octanol–water partition coefficient (Wildman–Crippen LogP) is 4.74. The van der Waals surface area contributed by atoms with Gasteiger partial charge in [0.25, 0.3) is 11.8 Å². The fourth-order valence-electron chi connectivity index (χ4n) is 4.85. The monoisotopic (exact) mass is 457 g/mol. The molecule has 5 nitrogen and oxygen atoms in total. The summed E-state index contributed by atoms with van der Waals surface area (Å²) in [5.41, 5.74) is 4.71. The normalized spacial score (nSPS) is 18.5. The Kier molecular flexibility index (Phi) is 3.86. The zero-order chi connectivity index (χ0) is 22.4. The van der Waals surface area contributed by atoms with Gasteiger partial charge < -0.3 is 4.57 Å². The zero-order valence-electron chi connectivity index (χ0n) is 17.7. The maximum Gasteiger partial charge on any atom is 0.265 e. The lowest BCUT2D eigenvalue weighted by molar-refractivity contribution is -0.128. The van der Waals surface area contributed by atoms with Crippen LogP contribution in [0.2, 0.25) is 0 Å². The van der Waals surface area contributed by atoms with Gasteiger partial charge in [0.05, 0.1) is 11.0 Å². The molecule has 7 heteroatoms. The Morgan fingerprint density at radius 3 is 2.59 bits per heavy atom. The first kappa shape index (κ1) is 19.4. The third-order valence-corrected chi connectivity index (χ3v) is 8.01. The van der Waals surface area contributed by atoms with Gasteiger partial charge >= 0.3 is 0 Å². The molecule has 0 bridgehead atoms. The molecule has 0 saturated carbocycles. The van der Waals surface area contributed by atoms with Crippen molar-refractivity contribution in [3.63, 3.8) is 0 Å². The number of hydrogen-bond acceptors (Lipinski definition) is 4. The van der Waals surface area contributed by atoms with Crippen molar-refractivity contribution in [2.24, 2.45) is 0 Å². The maximum atomic E-state index is 12.7. The van der Waals surface area contributed by atoms with E-state index in [2.05, 4.69) is 72.3 Å². The van der Waals surface area contributed by atoms with E-state index < -0.39 is 5.91 Å². The van der Waals surface area contributed by atoms with Gasteiger partial charge in [0.1, 0.15) is 10.6 Å². The first-order valence-electron chi connectivity index (χ1n) is 10.3. The summed E-state index contributed by atoms with van der Waals surface area (Å²) < 4.78 is 2.33. The molecule has 2 aromatic carbocycles. The smallest absolute Gasteiger partial charge is 0.265 e. The van der Waals surface area contributed by atoms with Crippen molar-refractivity contribution in [2.45, 2.75) is 19.3 Å². The van der Waals surface area contributed by atoms with Crippen molar-refractivity contribution in [1.29, 1.82) is 0 Å². The lowest BCUT2D eigenvalue weighted by atomic mass is 9.76. The van der Waals surface area contributed by atoms with E-state index >= 15 is 0 Å². The van der Waals surface area contributed by atoms with Gasteiger partial charge in [-0.05, 0) is 41.6 Å². The second-order valence-corrected chi connectivity index (χ2v) is 10.2. The van der Waals surface area contributed by atoms with Crippen LogP contribution in [0, 0.1) is 0 Å². The summed E-state index contributed by atoms with van der Waals surface area (Å²) in [6, 6.07) is 17.1. The number of fused-ring (bicyclic) bond motifs is 5. The van der Waals surface area contributed by atoms with Gasteiger partial charge in [0, 0.05) is 28.1 Å². The fourth-order valence-corrected chi connectivity index (χ4v) is 6.31. The molecule has 0 unspecified atom stereocenters. The number of benzene rings is 2. The summed E-state index contributed by atoms with van der Waals surface area (Å²) >= 11 is 6.65. The molecule has 0 spiro atoms. The number of aromatic nitrogens is 1. The Hall–Kier alpha value is -3.29. The minimum absolute atomic E-state index is 0.0949. The fraction of sp³-hybridized carbons (Fsp3) is 0.160. The average molecular weight is 458 g/mol. The van der Waals surface area contributed by atoms with E-state index in [0.29, 0.717) is 0 Å². The third kappa shape index (κ3) is 2.40. The van der Waals surface area contributed by atoms with E-state index in [0.717, 1.165) is 15.4 Å². The summed E-state index contributed by atoms with van der Waals surface area (Å²) in [4.78, 5) is 27.3. The van der Waals surface area contributed by atoms with Crippen molar-refractivity contribution < 1.29 is 9.59 Å². The topological polar surface area (TPSA) is 54.3 Å². The number of thiocarbonyl (C=S) groups is 1. The number of amides is 2. The standard InChI is InChI=1S/C25H19N3O2S2/c1-25(2)17-9-6-8-15-14-7-4-5-10-19(14)28(20(15)17)23-18(25)12-13(32-23)11-16-21(29)26-24(31)27(3)22(16)30/h4-12H,1-3H3,(H,26,29,31)/b16-11-. The maximum absolute atomic E-state index is 12.7. The molecule has 0 radical (unpaired) electrons. The van der Waals surface area contributed by atoms with Crippen LogP contribution in [-0.2, 0) is 15.0 Å². The number of thiophene rings is 1. The summed E-state index contributed by atoms with van der Waals surface area (Å²) in [7, 11) is 1.57. The predicted molar refractivity (Wildman–Crippen MR) is 132 cm³/mol. The Labute approximate surface area is 193 Å². The van der Waals surface area contributed by atoms with E-state index in [-0.39, 0.29) is 22.0 Å². The van der Waals surface area contributed by atoms with Gasteiger partial charge in [-0.25, -0.2) is 0 Å². The van der Waals surface area contributed by atoms with Crippen LogP contribution in [0.5, 0.6) is 0 Å². The molecular formula is C25H19N3O2S2. The molecule has 32 heavy (non-hydrogen) atoms. The molecule has 1 fully saturated rings. The number of nitrogens with one attached hydrogen (secondary N) is 1. The van der Waals surface area contributed by atoms with Gasteiger partial charge in [-0.15, -0.1) is 11.3 Å². The SMILES string of the molecule is CN1C(=O)/C(=C\c2cc3c(s2)-n2c4ccccc4c4cccc(c42)C3(C)C)C(=O)NC1=S. The van der Waals surface area contributed by atoms with E-state index in [1.54, 1.807) is 24.5 Å². The van der Waals surface area contributed by atoms with Crippen molar-refractivity contribution in [3.05, 3.63) is 70.1 Å². The Morgan fingerprint density at radius 1 is 1.03 bits per heavy atom. The summed E-state index contributed by atoms with van der Waals surface area (Å²) in [5.74, 6) is -0.845. The highest BCUT2D eigenvalue weighted by molar-refractivity contribution is 7.80. The minimum atomic E-state index is -0.458. The number of likely N-dealkylation sites (N-methyl/N-ethyl adjacent to an activating group) is 1. The van der Waals surface area contributed by atoms with Crippen molar-refractivity contribution in [1.82, 2.24) is 14.8 Å². The summed E-state index contributed by atoms with van der Waals surface area (Å²) in [6.07, 6.45) is 1.68. The van der Waals surface area contributed by atoms with Gasteiger partial charge in [0.15, 0.2) is 5.11 Å². The zero-order valence-corrected chi connectivity index (χ0v) is 19.4. The quantitative estimate of drug-likeness (QED) is 0.255. The molecule has 158 valence electrons. The van der Waals surface area contributed by atoms with Crippen molar-refractivity contribution >= 4 is 68.4 Å². The van der Waals surface area contributed by atoms with Crippen molar-refractivity contribution in [3.8, 4) is 5.00 Å². The molecule has 6 rings (SSSR count). The highest BCUT2D eigenvalue weighted by Gasteiger charge is 2.37. The lowest BCUT2D eigenvalue weighted by Crippen LogP contribution is -2.52. The second kappa shape index (κ2) is 6.37. The first-order chi connectivity index (χ1) is 15.3. The number of carbonyl (C=O) groups is 2. The van der Waals surface area contributed by atoms with Crippen LogP contribution in [-0.4, -0.2) is 33.4 Å². The highest BCUT2D eigenvalue weighted by Crippen LogP contribution is 2.50. The van der Waals surface area contributed by atoms with Gasteiger partial charge in [-0.2, -0.15) is 0 Å². The van der Waals surface area contributed by atoms with Crippen LogP contribution in [0.4, 0.5) is 0 Å². The molecule has 2 amide bonds. The highest BCUT2D eigenvalue weighted by atomic mass is 32.1. The van der Waals surface area contributed by atoms with E-state index in [1.807, 2.05) is 0 Å². The number of carbonyl (C=O) groups excluding carboxylic acids is 2. The lowest BCUT2D eigenvalue weighted by Gasteiger charge is -2.32. The summed E-state index contributed by atoms with van der Waals surface area (Å²) in [6.45, 7) is 4.46. The molecule has 2 aliphatic rings. The first-order valence-corrected chi connectivity index (χ1v) is 11.5. The van der Waals surface area contributed by atoms with E-state index in [9.17, 15) is 9.59 Å². The molecule has 2 aliphatic heterocycles. The van der Waals surface area contributed by atoms with Crippen molar-refractivity contribution in [2.75, 3.05) is 7.05 Å². The van der Waals surface area contributed by atoms with E-state index in [1.165, 1.54) is 32.3 Å². The molecular weight excluding hydrogens is 438 g/mol. The van der Waals surface area contributed by atoms with E-state index in [4.69, 9.17) is 12.2 Å². The van der Waals surface area contributed by atoms with Crippen LogP contribution in [0.25, 0.3) is 32.9 Å². The molecule has 4 heterocycles. The summed E-state index contributed by atoms with van der Waals surface area (Å²) in [5, 5.41) is 6.30. The number of para-hydroxylation sites is 2. The van der Waals surface area contributed by atoms with Gasteiger partial charge in [-0.3, -0.25) is 19.8 Å². The third-order valence-electron chi connectivity index (χ3n) is 6.57. The Balaban J connectivity index is 1.62. The van der Waals surface area contributed by atoms with Crippen LogP contribution in [0.15, 0.2) is 54.1 Å². The molecule has 1 N–H and O–H groups in total. The molecule has 1 saturated heterocycles. The molecule has 2 aromatic heterocycles.